The Morgan fingerprint density at radius 2 is 2.50 bits per heavy atom. The lowest BCUT2D eigenvalue weighted by Gasteiger charge is -2.29. The van der Waals surface area contributed by atoms with Crippen molar-refractivity contribution in [3.63, 3.8) is 0 Å². The largest absolute Gasteiger partial charge is 0.460 e. The van der Waals surface area contributed by atoms with Gasteiger partial charge in [-0.3, -0.25) is 4.79 Å². The molecule has 1 heterocycles. The molecule has 0 aliphatic carbocycles. The fourth-order valence-corrected chi connectivity index (χ4v) is 1.49. The number of esters is 1. The number of rotatable bonds is 3. The van der Waals surface area contributed by atoms with Crippen molar-refractivity contribution >= 4 is 12.1 Å². The van der Waals surface area contributed by atoms with Gasteiger partial charge in [-0.15, -0.1) is 0 Å². The van der Waals surface area contributed by atoms with Crippen LogP contribution in [-0.2, 0) is 14.3 Å². The minimum atomic E-state index is -0.438. The summed E-state index contributed by atoms with van der Waals surface area (Å²) in [5.41, 5.74) is 0. The molecule has 0 radical (unpaired) electrons. The van der Waals surface area contributed by atoms with E-state index in [1.54, 1.807) is 0 Å². The molecule has 0 saturated carbocycles. The summed E-state index contributed by atoms with van der Waals surface area (Å²) in [7, 11) is 0. The molecule has 0 bridgehead atoms. The smallest absolute Gasteiger partial charge is 0.407 e. The van der Waals surface area contributed by atoms with Gasteiger partial charge in [0.15, 0.2) is 0 Å². The fraction of sp³-hybridized carbons (Fsp3) is 0.778. The molecule has 1 aliphatic rings. The van der Waals surface area contributed by atoms with Crippen LogP contribution in [0.4, 0.5) is 4.79 Å². The molecule has 5 nitrogen and oxygen atoms in total. The van der Waals surface area contributed by atoms with Gasteiger partial charge in [-0.2, -0.15) is 0 Å². The van der Waals surface area contributed by atoms with Crippen LogP contribution in [0.5, 0.6) is 0 Å². The van der Waals surface area contributed by atoms with Crippen LogP contribution in [0.2, 0.25) is 0 Å². The summed E-state index contributed by atoms with van der Waals surface area (Å²) >= 11 is 0. The lowest BCUT2D eigenvalue weighted by molar-refractivity contribution is -0.148. The molecule has 0 aromatic heterocycles. The summed E-state index contributed by atoms with van der Waals surface area (Å²) in [4.78, 5) is 21.7. The Balaban J connectivity index is 2.50. The van der Waals surface area contributed by atoms with Gasteiger partial charge in [0.05, 0.1) is 12.6 Å². The molecule has 5 heteroatoms. The molecule has 1 fully saturated rings. The predicted octanol–water partition coefficient (Wildman–Crippen LogP) is 0.827. The lowest BCUT2D eigenvalue weighted by Crippen LogP contribution is -2.49. The molecule has 0 aromatic rings. The van der Waals surface area contributed by atoms with Gasteiger partial charge in [0.1, 0.15) is 6.10 Å². The zero-order chi connectivity index (χ0) is 10.6. The van der Waals surface area contributed by atoms with Crippen LogP contribution in [0, 0.1) is 0 Å². The highest BCUT2D eigenvalue weighted by Crippen LogP contribution is 2.12. The van der Waals surface area contributed by atoms with Crippen LogP contribution in [0.15, 0.2) is 0 Å². The molecule has 14 heavy (non-hydrogen) atoms. The number of carbonyl (C=O) groups excluding carboxylic acids is 2. The van der Waals surface area contributed by atoms with Crippen molar-refractivity contribution in [3.05, 3.63) is 0 Å². The minimum absolute atomic E-state index is 0.120. The average Bonchev–Trinajstić information content (AvgIpc) is 2.14. The van der Waals surface area contributed by atoms with Crippen molar-refractivity contribution in [1.29, 1.82) is 0 Å². The van der Waals surface area contributed by atoms with Gasteiger partial charge in [-0.25, -0.2) is 4.79 Å². The van der Waals surface area contributed by atoms with E-state index >= 15 is 0 Å². The summed E-state index contributed by atoms with van der Waals surface area (Å²) in [5.74, 6) is -0.322. The summed E-state index contributed by atoms with van der Waals surface area (Å²) < 4.78 is 9.80. The molecule has 1 saturated heterocycles. The first-order chi connectivity index (χ1) is 6.63. The van der Waals surface area contributed by atoms with E-state index in [2.05, 4.69) is 5.32 Å². The zero-order valence-electron chi connectivity index (χ0n) is 8.41. The van der Waals surface area contributed by atoms with Crippen molar-refractivity contribution in [2.24, 2.45) is 0 Å². The molecular weight excluding hydrogens is 186 g/mol. The maximum Gasteiger partial charge on any atom is 0.407 e. The Kier molecular flexibility index (Phi) is 3.73. The van der Waals surface area contributed by atoms with Crippen molar-refractivity contribution in [2.45, 2.75) is 38.8 Å². The van der Waals surface area contributed by atoms with E-state index in [0.29, 0.717) is 19.4 Å². The lowest BCUT2D eigenvalue weighted by atomic mass is 10.1. The number of ether oxygens (including phenoxy) is 2. The van der Waals surface area contributed by atoms with Crippen LogP contribution >= 0.6 is 0 Å². The van der Waals surface area contributed by atoms with Gasteiger partial charge in [0.2, 0.25) is 0 Å². The van der Waals surface area contributed by atoms with Crippen LogP contribution in [0.1, 0.15) is 26.7 Å². The van der Waals surface area contributed by atoms with E-state index in [0.717, 1.165) is 0 Å². The predicted molar refractivity (Wildman–Crippen MR) is 48.7 cm³/mol. The third kappa shape index (κ3) is 2.90. The van der Waals surface area contributed by atoms with Crippen molar-refractivity contribution < 1.29 is 19.1 Å². The summed E-state index contributed by atoms with van der Waals surface area (Å²) in [5, 5.41) is 2.63. The number of cyclic esters (lactones) is 1. The fourth-order valence-electron chi connectivity index (χ4n) is 1.49. The highest BCUT2D eigenvalue weighted by molar-refractivity contribution is 5.69. The second kappa shape index (κ2) is 4.83. The second-order valence-electron chi connectivity index (χ2n) is 3.23. The molecule has 0 aromatic carbocycles. The normalized spacial score (nSPS) is 23.3. The second-order valence-corrected chi connectivity index (χ2v) is 3.23. The van der Waals surface area contributed by atoms with E-state index < -0.39 is 6.09 Å². The SMILES string of the molecule is CC[C@H](OC(C)=O)[C@H]1CCOC(=O)N1. The Labute approximate surface area is 82.8 Å². The summed E-state index contributed by atoms with van der Waals surface area (Å²) in [6, 6.07) is -0.120. The van der Waals surface area contributed by atoms with Gasteiger partial charge >= 0.3 is 12.1 Å². The van der Waals surface area contributed by atoms with Crippen molar-refractivity contribution in [2.75, 3.05) is 6.61 Å². The Hall–Kier alpha value is -1.26. The number of hydrogen-bond donors (Lipinski definition) is 1. The van der Waals surface area contributed by atoms with Gasteiger partial charge in [0, 0.05) is 13.3 Å². The number of alkyl carbamates (subject to hydrolysis) is 1. The monoisotopic (exact) mass is 201 g/mol. The van der Waals surface area contributed by atoms with E-state index in [4.69, 9.17) is 9.47 Å². The standard InChI is InChI=1S/C9H15NO4/c1-3-8(14-6(2)11)7-4-5-13-9(12)10-7/h7-8H,3-5H2,1-2H3,(H,10,12)/t7-,8+/m1/s1. The molecule has 1 rings (SSSR count). The molecule has 2 atom stereocenters. The first-order valence-corrected chi connectivity index (χ1v) is 4.74. The van der Waals surface area contributed by atoms with Crippen molar-refractivity contribution in [1.82, 2.24) is 5.32 Å². The maximum atomic E-state index is 10.9. The van der Waals surface area contributed by atoms with E-state index in [9.17, 15) is 9.59 Å². The van der Waals surface area contributed by atoms with Crippen LogP contribution in [0.25, 0.3) is 0 Å². The highest BCUT2D eigenvalue weighted by atomic mass is 16.6. The number of hydrogen-bond acceptors (Lipinski definition) is 4. The number of carbonyl (C=O) groups is 2. The number of amides is 1. The highest BCUT2D eigenvalue weighted by Gasteiger charge is 2.28. The maximum absolute atomic E-state index is 10.9. The molecule has 0 spiro atoms. The molecule has 0 unspecified atom stereocenters. The molecule has 80 valence electrons. The van der Waals surface area contributed by atoms with Gasteiger partial charge in [-0.1, -0.05) is 6.92 Å². The Bertz CT molecular complexity index is 227. The Morgan fingerprint density at radius 1 is 1.79 bits per heavy atom. The third-order valence-corrected chi connectivity index (χ3v) is 2.13. The Morgan fingerprint density at radius 3 is 3.00 bits per heavy atom. The van der Waals surface area contributed by atoms with E-state index in [-0.39, 0.29) is 18.1 Å². The molecule has 1 N–H and O–H groups in total. The first kappa shape index (κ1) is 10.8. The van der Waals surface area contributed by atoms with Crippen LogP contribution in [-0.4, -0.2) is 30.8 Å². The summed E-state index contributed by atoms with van der Waals surface area (Å²) in [6.07, 6.45) is 0.675. The topological polar surface area (TPSA) is 64.6 Å². The number of nitrogens with one attached hydrogen (secondary N) is 1. The van der Waals surface area contributed by atoms with E-state index in [1.165, 1.54) is 6.92 Å². The zero-order valence-corrected chi connectivity index (χ0v) is 8.41. The van der Waals surface area contributed by atoms with Crippen LogP contribution < -0.4 is 5.32 Å². The quantitative estimate of drug-likeness (QED) is 0.687. The molecule has 1 amide bonds. The van der Waals surface area contributed by atoms with Gasteiger partial charge in [0.25, 0.3) is 0 Å². The minimum Gasteiger partial charge on any atom is -0.460 e. The first-order valence-electron chi connectivity index (χ1n) is 4.74. The molecule has 1 aliphatic heterocycles. The third-order valence-electron chi connectivity index (χ3n) is 2.13. The van der Waals surface area contributed by atoms with Gasteiger partial charge in [-0.05, 0) is 6.42 Å². The van der Waals surface area contributed by atoms with Gasteiger partial charge < -0.3 is 14.8 Å². The summed E-state index contributed by atoms with van der Waals surface area (Å²) in [6.45, 7) is 3.66. The van der Waals surface area contributed by atoms with Crippen LogP contribution in [0.3, 0.4) is 0 Å². The van der Waals surface area contributed by atoms with E-state index in [1.807, 2.05) is 6.92 Å². The molecular formula is C9H15NO4. The average molecular weight is 201 g/mol. The van der Waals surface area contributed by atoms with Crippen molar-refractivity contribution in [3.8, 4) is 0 Å².